The first-order chi connectivity index (χ1) is 12.6. The molecule has 1 unspecified atom stereocenters. The Labute approximate surface area is 150 Å². The fourth-order valence-corrected chi connectivity index (χ4v) is 3.18. The SMILES string of the molecule is CN(C)c1cnc(C(=O)N2CCc3[nH]cnc3C2c2cccnc2)cn1. The number of amides is 1. The van der Waals surface area contributed by atoms with Crippen molar-refractivity contribution in [2.75, 3.05) is 25.5 Å². The number of carbonyl (C=O) groups is 1. The summed E-state index contributed by atoms with van der Waals surface area (Å²) >= 11 is 0. The van der Waals surface area contributed by atoms with Gasteiger partial charge in [-0.3, -0.25) is 9.78 Å². The number of pyridine rings is 1. The van der Waals surface area contributed by atoms with Crippen molar-refractivity contribution in [3.8, 4) is 0 Å². The topological polar surface area (TPSA) is 90.9 Å². The molecule has 1 amide bonds. The second-order valence-electron chi connectivity index (χ2n) is 6.36. The van der Waals surface area contributed by atoms with Gasteiger partial charge < -0.3 is 14.8 Å². The number of carbonyl (C=O) groups excluding carboxylic acids is 1. The van der Waals surface area contributed by atoms with Crippen LogP contribution in [-0.4, -0.2) is 56.4 Å². The van der Waals surface area contributed by atoms with Crippen LogP contribution in [0, 0.1) is 0 Å². The van der Waals surface area contributed by atoms with Crippen LogP contribution in [0.2, 0.25) is 0 Å². The summed E-state index contributed by atoms with van der Waals surface area (Å²) in [6.07, 6.45) is 9.02. The van der Waals surface area contributed by atoms with Crippen molar-refractivity contribution in [1.82, 2.24) is 29.8 Å². The lowest BCUT2D eigenvalue weighted by molar-refractivity contribution is 0.0684. The largest absolute Gasteiger partial charge is 0.361 e. The monoisotopic (exact) mass is 349 g/mol. The predicted octanol–water partition coefficient (Wildman–Crippen LogP) is 1.45. The predicted molar refractivity (Wildman–Crippen MR) is 95.8 cm³/mol. The highest BCUT2D eigenvalue weighted by Gasteiger charge is 2.35. The molecule has 3 aromatic heterocycles. The molecule has 8 nitrogen and oxygen atoms in total. The molecule has 4 rings (SSSR count). The van der Waals surface area contributed by atoms with Crippen molar-refractivity contribution >= 4 is 11.7 Å². The third-order valence-electron chi connectivity index (χ3n) is 4.50. The number of hydrogen-bond acceptors (Lipinski definition) is 6. The lowest BCUT2D eigenvalue weighted by Crippen LogP contribution is -2.41. The minimum Gasteiger partial charge on any atom is -0.361 e. The molecule has 1 aliphatic rings. The van der Waals surface area contributed by atoms with E-state index in [1.807, 2.05) is 31.1 Å². The minimum absolute atomic E-state index is 0.162. The van der Waals surface area contributed by atoms with E-state index in [1.165, 1.54) is 6.20 Å². The van der Waals surface area contributed by atoms with Gasteiger partial charge >= 0.3 is 0 Å². The Kier molecular flexibility index (Phi) is 4.08. The average Bonchev–Trinajstić information content (AvgIpc) is 3.16. The maximum absolute atomic E-state index is 13.1. The van der Waals surface area contributed by atoms with Crippen LogP contribution >= 0.6 is 0 Å². The molecule has 1 N–H and O–H groups in total. The van der Waals surface area contributed by atoms with Crippen molar-refractivity contribution in [2.45, 2.75) is 12.5 Å². The van der Waals surface area contributed by atoms with Crippen LogP contribution in [0.15, 0.2) is 43.2 Å². The highest BCUT2D eigenvalue weighted by molar-refractivity contribution is 5.92. The van der Waals surface area contributed by atoms with Crippen LogP contribution in [0.3, 0.4) is 0 Å². The molecule has 0 bridgehead atoms. The molecule has 8 heteroatoms. The molecule has 0 radical (unpaired) electrons. The molecule has 1 aliphatic heterocycles. The Balaban J connectivity index is 1.71. The number of H-pyrrole nitrogens is 1. The fourth-order valence-electron chi connectivity index (χ4n) is 3.18. The summed E-state index contributed by atoms with van der Waals surface area (Å²) in [4.78, 5) is 37.2. The lowest BCUT2D eigenvalue weighted by atomic mass is 9.96. The van der Waals surface area contributed by atoms with Gasteiger partial charge in [0.25, 0.3) is 5.91 Å². The molecule has 0 saturated carbocycles. The normalized spacial score (nSPS) is 16.2. The number of imidazole rings is 1. The number of nitrogens with zero attached hydrogens (tertiary/aromatic N) is 6. The van der Waals surface area contributed by atoms with E-state index in [4.69, 9.17) is 0 Å². The van der Waals surface area contributed by atoms with Crippen molar-refractivity contribution in [2.24, 2.45) is 0 Å². The van der Waals surface area contributed by atoms with E-state index in [9.17, 15) is 4.79 Å². The van der Waals surface area contributed by atoms with Gasteiger partial charge in [0.15, 0.2) is 0 Å². The molecular weight excluding hydrogens is 330 g/mol. The zero-order valence-corrected chi connectivity index (χ0v) is 14.6. The maximum atomic E-state index is 13.1. The van der Waals surface area contributed by atoms with Crippen LogP contribution in [0.25, 0.3) is 0 Å². The second-order valence-corrected chi connectivity index (χ2v) is 6.36. The van der Waals surface area contributed by atoms with Crippen molar-refractivity contribution in [1.29, 1.82) is 0 Å². The molecular formula is C18H19N7O. The third-order valence-corrected chi connectivity index (χ3v) is 4.50. The summed E-state index contributed by atoms with van der Waals surface area (Å²) < 4.78 is 0. The van der Waals surface area contributed by atoms with Gasteiger partial charge in [-0.15, -0.1) is 0 Å². The van der Waals surface area contributed by atoms with Crippen LogP contribution in [0.5, 0.6) is 0 Å². The number of fused-ring (bicyclic) bond motifs is 1. The summed E-state index contributed by atoms with van der Waals surface area (Å²) in [5.41, 5.74) is 3.16. The standard InChI is InChI=1S/C18H19N7O/c1-24(2)15-10-20-14(9-21-15)18(26)25-7-5-13-16(23-11-22-13)17(25)12-4-3-6-19-8-12/h3-4,6,8-11,17H,5,7H2,1-2H3,(H,22,23). The van der Waals surface area contributed by atoms with Gasteiger partial charge in [0.1, 0.15) is 17.6 Å². The zero-order chi connectivity index (χ0) is 18.1. The zero-order valence-electron chi connectivity index (χ0n) is 14.6. The highest BCUT2D eigenvalue weighted by Crippen LogP contribution is 2.33. The Morgan fingerprint density at radius 2 is 2.12 bits per heavy atom. The number of rotatable bonds is 3. The third kappa shape index (κ3) is 2.79. The van der Waals surface area contributed by atoms with Gasteiger partial charge in [-0.05, 0) is 11.6 Å². The summed E-state index contributed by atoms with van der Waals surface area (Å²) in [5.74, 6) is 0.545. The summed E-state index contributed by atoms with van der Waals surface area (Å²) in [7, 11) is 3.77. The molecule has 0 fully saturated rings. The lowest BCUT2D eigenvalue weighted by Gasteiger charge is -2.34. The summed E-state index contributed by atoms with van der Waals surface area (Å²) in [5, 5.41) is 0. The van der Waals surface area contributed by atoms with Crippen molar-refractivity contribution in [3.63, 3.8) is 0 Å². The Morgan fingerprint density at radius 3 is 2.81 bits per heavy atom. The van der Waals surface area contributed by atoms with Gasteiger partial charge in [-0.2, -0.15) is 0 Å². The van der Waals surface area contributed by atoms with Gasteiger partial charge in [-0.1, -0.05) is 6.07 Å². The minimum atomic E-state index is -0.290. The van der Waals surface area contributed by atoms with Crippen LogP contribution < -0.4 is 4.90 Å². The highest BCUT2D eigenvalue weighted by atomic mass is 16.2. The Bertz CT molecular complexity index is 905. The first kappa shape index (κ1) is 16.2. The number of hydrogen-bond donors (Lipinski definition) is 1. The molecule has 132 valence electrons. The molecule has 0 aliphatic carbocycles. The Hall–Kier alpha value is -3.29. The van der Waals surface area contributed by atoms with E-state index in [2.05, 4.69) is 24.9 Å². The number of nitrogens with one attached hydrogen (secondary N) is 1. The van der Waals surface area contributed by atoms with E-state index < -0.39 is 0 Å². The van der Waals surface area contributed by atoms with E-state index in [-0.39, 0.29) is 11.9 Å². The van der Waals surface area contributed by atoms with Crippen molar-refractivity contribution in [3.05, 3.63) is 65.9 Å². The van der Waals surface area contributed by atoms with Crippen LogP contribution in [0.1, 0.15) is 33.5 Å². The first-order valence-corrected chi connectivity index (χ1v) is 8.37. The molecule has 0 aromatic carbocycles. The summed E-state index contributed by atoms with van der Waals surface area (Å²) in [6, 6.07) is 3.54. The maximum Gasteiger partial charge on any atom is 0.274 e. The van der Waals surface area contributed by atoms with E-state index in [1.54, 1.807) is 29.8 Å². The Morgan fingerprint density at radius 1 is 1.23 bits per heavy atom. The smallest absolute Gasteiger partial charge is 0.274 e. The fraction of sp³-hybridized carbons (Fsp3) is 0.278. The second kappa shape index (κ2) is 6.55. The molecule has 0 saturated heterocycles. The van der Waals surface area contributed by atoms with Crippen LogP contribution in [-0.2, 0) is 6.42 Å². The van der Waals surface area contributed by atoms with Gasteiger partial charge in [0.05, 0.1) is 24.4 Å². The quantitative estimate of drug-likeness (QED) is 0.770. The van der Waals surface area contributed by atoms with Gasteiger partial charge in [0, 0.05) is 45.1 Å². The molecule has 26 heavy (non-hydrogen) atoms. The molecule has 3 aromatic rings. The number of anilines is 1. The van der Waals surface area contributed by atoms with E-state index >= 15 is 0 Å². The van der Waals surface area contributed by atoms with Crippen molar-refractivity contribution < 1.29 is 4.79 Å². The number of aromatic nitrogens is 5. The van der Waals surface area contributed by atoms with Crippen LogP contribution in [0.4, 0.5) is 5.82 Å². The van der Waals surface area contributed by atoms with E-state index in [0.29, 0.717) is 18.1 Å². The molecule has 0 spiro atoms. The first-order valence-electron chi connectivity index (χ1n) is 8.37. The van der Waals surface area contributed by atoms with E-state index in [0.717, 1.165) is 23.4 Å². The number of aromatic amines is 1. The average molecular weight is 349 g/mol. The molecule has 1 atom stereocenters. The molecule has 4 heterocycles. The summed E-state index contributed by atoms with van der Waals surface area (Å²) in [6.45, 7) is 0.574. The van der Waals surface area contributed by atoms with Gasteiger partial charge in [0.2, 0.25) is 0 Å². The van der Waals surface area contributed by atoms with Gasteiger partial charge in [-0.25, -0.2) is 15.0 Å².